The Morgan fingerprint density at radius 2 is 2.14 bits per heavy atom. The first-order chi connectivity index (χ1) is 9.99. The van der Waals surface area contributed by atoms with Gasteiger partial charge in [-0.2, -0.15) is 0 Å². The molecule has 21 heavy (non-hydrogen) atoms. The first-order valence-electron chi connectivity index (χ1n) is 6.48. The molecule has 0 amide bonds. The number of fused-ring (bicyclic) bond motifs is 2. The van der Waals surface area contributed by atoms with Crippen molar-refractivity contribution < 1.29 is 9.72 Å². The number of halogens is 1. The summed E-state index contributed by atoms with van der Waals surface area (Å²) in [6.07, 6.45) is 2.04. The van der Waals surface area contributed by atoms with E-state index in [2.05, 4.69) is 34.2 Å². The van der Waals surface area contributed by atoms with E-state index in [-0.39, 0.29) is 11.5 Å². The molecular weight excluding hydrogens is 383 g/mol. The summed E-state index contributed by atoms with van der Waals surface area (Å²) >= 11 is 2.06. The van der Waals surface area contributed by atoms with Crippen molar-refractivity contribution in [3.8, 4) is 0 Å². The molecule has 0 bridgehead atoms. The summed E-state index contributed by atoms with van der Waals surface area (Å²) in [7, 11) is 0. The summed E-state index contributed by atoms with van der Waals surface area (Å²) < 4.78 is 0.701. The van der Waals surface area contributed by atoms with Crippen LogP contribution in [0.4, 0.5) is 5.69 Å². The van der Waals surface area contributed by atoms with Gasteiger partial charge >= 0.3 is 0 Å². The number of benzene rings is 1. The smallest absolute Gasteiger partial charge is 0.270 e. The number of ketones is 1. The maximum absolute atomic E-state index is 12.3. The highest BCUT2D eigenvalue weighted by Crippen LogP contribution is 2.36. The Morgan fingerprint density at radius 3 is 2.81 bits per heavy atom. The summed E-state index contributed by atoms with van der Waals surface area (Å²) in [5.41, 5.74) is 2.73. The fourth-order valence-electron chi connectivity index (χ4n) is 2.72. The molecule has 1 aromatic carbocycles. The van der Waals surface area contributed by atoms with Gasteiger partial charge in [0, 0.05) is 38.6 Å². The highest BCUT2D eigenvalue weighted by molar-refractivity contribution is 14.1. The Balaban J connectivity index is 2.43. The van der Waals surface area contributed by atoms with Crippen LogP contribution in [0.15, 0.2) is 24.8 Å². The van der Waals surface area contributed by atoms with Crippen LogP contribution in [0.2, 0.25) is 0 Å². The van der Waals surface area contributed by atoms with E-state index in [1.165, 1.54) is 12.1 Å². The molecule has 0 saturated heterocycles. The Bertz CT molecular complexity index is 814. The van der Waals surface area contributed by atoms with Crippen molar-refractivity contribution in [3.05, 3.63) is 51.7 Å². The second-order valence-corrected chi connectivity index (χ2v) is 6.25. The average Bonchev–Trinajstić information content (AvgIpc) is 2.44. The lowest BCUT2D eigenvalue weighted by molar-refractivity contribution is -0.384. The molecule has 0 radical (unpaired) electrons. The van der Waals surface area contributed by atoms with Crippen LogP contribution in [0.3, 0.4) is 0 Å². The van der Waals surface area contributed by atoms with E-state index in [0.29, 0.717) is 32.0 Å². The highest BCUT2D eigenvalue weighted by atomic mass is 127. The van der Waals surface area contributed by atoms with Crippen LogP contribution < -0.4 is 0 Å². The quantitative estimate of drug-likeness (QED) is 0.437. The molecule has 0 spiro atoms. The number of nitrogens with zero attached hydrogens (tertiary/aromatic N) is 2. The van der Waals surface area contributed by atoms with Crippen molar-refractivity contribution >= 4 is 48.5 Å². The normalized spacial score (nSPS) is 14.0. The summed E-state index contributed by atoms with van der Waals surface area (Å²) in [4.78, 5) is 27.3. The van der Waals surface area contributed by atoms with Gasteiger partial charge in [-0.1, -0.05) is 6.58 Å². The van der Waals surface area contributed by atoms with Gasteiger partial charge in [-0.15, -0.1) is 0 Å². The number of aryl methyl sites for hydroxylation is 1. The minimum absolute atomic E-state index is 0.00796. The summed E-state index contributed by atoms with van der Waals surface area (Å²) in [6, 6.07) is 4.55. The predicted molar refractivity (Wildman–Crippen MR) is 88.7 cm³/mol. The number of carbonyl (C=O) groups excluding carboxylic acids is 1. The van der Waals surface area contributed by atoms with Crippen LogP contribution in [0.5, 0.6) is 0 Å². The lowest BCUT2D eigenvalue weighted by Gasteiger charge is -2.19. The number of rotatable bonds is 2. The van der Waals surface area contributed by atoms with Gasteiger partial charge in [0.2, 0.25) is 0 Å². The van der Waals surface area contributed by atoms with Crippen LogP contribution in [0, 0.1) is 10.1 Å². The van der Waals surface area contributed by atoms with Gasteiger partial charge in [0.15, 0.2) is 5.78 Å². The van der Waals surface area contributed by atoms with Crippen molar-refractivity contribution in [1.29, 1.82) is 0 Å². The van der Waals surface area contributed by atoms with E-state index in [1.54, 1.807) is 6.07 Å². The minimum atomic E-state index is -0.444. The molecule has 106 valence electrons. The fraction of sp³-hybridized carbons (Fsp3) is 0.200. The number of nitro groups is 1. The van der Waals surface area contributed by atoms with Crippen molar-refractivity contribution in [2.45, 2.75) is 19.3 Å². The second-order valence-electron chi connectivity index (χ2n) is 4.95. The zero-order valence-corrected chi connectivity index (χ0v) is 13.2. The van der Waals surface area contributed by atoms with Crippen LogP contribution in [0.25, 0.3) is 14.5 Å². The topological polar surface area (TPSA) is 73.1 Å². The van der Waals surface area contributed by atoms with E-state index in [9.17, 15) is 14.9 Å². The summed E-state index contributed by atoms with van der Waals surface area (Å²) in [6.45, 7) is 3.93. The Morgan fingerprint density at radius 1 is 1.38 bits per heavy atom. The first kappa shape index (κ1) is 14.1. The lowest BCUT2D eigenvalue weighted by atomic mass is 9.89. The largest absolute Gasteiger partial charge is 0.294 e. The summed E-state index contributed by atoms with van der Waals surface area (Å²) in [5, 5.41) is 11.6. The fourth-order valence-corrected chi connectivity index (χ4v) is 3.28. The third-order valence-corrected chi connectivity index (χ3v) is 4.16. The number of nitro benzene ring substituents is 1. The van der Waals surface area contributed by atoms with Gasteiger partial charge in [-0.25, -0.2) is 0 Å². The van der Waals surface area contributed by atoms with E-state index < -0.39 is 4.92 Å². The van der Waals surface area contributed by atoms with Crippen molar-refractivity contribution in [1.82, 2.24) is 4.98 Å². The Labute approximate surface area is 134 Å². The SMILES string of the molecule is C=C(I)c1c2c(nc3ccc([N+](=O)[O-])cc13)CCCC2=O. The average molecular weight is 394 g/mol. The van der Waals surface area contributed by atoms with Crippen LogP contribution in [-0.2, 0) is 6.42 Å². The number of carbonyl (C=O) groups is 1. The minimum Gasteiger partial charge on any atom is -0.294 e. The van der Waals surface area contributed by atoms with Gasteiger partial charge in [0.05, 0.1) is 16.1 Å². The van der Waals surface area contributed by atoms with E-state index in [0.717, 1.165) is 18.5 Å². The standard InChI is InChI=1S/C15H11IN2O3/c1-8(16)14-10-7-9(18(20)21)5-6-11(10)17-12-3-2-4-13(19)15(12)14/h5-7H,1-4H2. The molecule has 1 aromatic heterocycles. The lowest BCUT2D eigenvalue weighted by Crippen LogP contribution is -2.15. The van der Waals surface area contributed by atoms with E-state index in [1.807, 2.05) is 0 Å². The molecule has 0 aliphatic heterocycles. The molecule has 3 rings (SSSR count). The monoisotopic (exact) mass is 394 g/mol. The first-order valence-corrected chi connectivity index (χ1v) is 7.56. The van der Waals surface area contributed by atoms with Crippen LogP contribution in [-0.4, -0.2) is 15.7 Å². The molecule has 0 saturated carbocycles. The second kappa shape index (κ2) is 5.18. The maximum Gasteiger partial charge on any atom is 0.270 e. The maximum atomic E-state index is 12.3. The molecule has 1 heterocycles. The molecule has 6 heteroatoms. The number of hydrogen-bond donors (Lipinski definition) is 0. The van der Waals surface area contributed by atoms with Crippen molar-refractivity contribution in [2.75, 3.05) is 0 Å². The number of pyridine rings is 1. The molecule has 0 atom stereocenters. The van der Waals surface area contributed by atoms with Crippen LogP contribution in [0.1, 0.15) is 34.5 Å². The van der Waals surface area contributed by atoms with Crippen molar-refractivity contribution in [2.24, 2.45) is 0 Å². The van der Waals surface area contributed by atoms with Gasteiger partial charge in [0.1, 0.15) is 0 Å². The highest BCUT2D eigenvalue weighted by Gasteiger charge is 2.25. The van der Waals surface area contributed by atoms with Crippen molar-refractivity contribution in [3.63, 3.8) is 0 Å². The zero-order valence-electron chi connectivity index (χ0n) is 11.1. The molecule has 1 aliphatic carbocycles. The molecular formula is C15H11IN2O3. The molecule has 2 aromatic rings. The number of Topliss-reactive ketones (excluding diaryl/α,β-unsaturated/α-hetero) is 1. The molecule has 0 N–H and O–H groups in total. The Hall–Kier alpha value is -1.83. The number of aromatic nitrogens is 1. The third kappa shape index (κ3) is 2.33. The molecule has 0 unspecified atom stereocenters. The zero-order chi connectivity index (χ0) is 15.1. The van der Waals surface area contributed by atoms with E-state index >= 15 is 0 Å². The summed E-state index contributed by atoms with van der Waals surface area (Å²) in [5.74, 6) is 0.0463. The van der Waals surface area contributed by atoms with Gasteiger partial charge in [-0.3, -0.25) is 19.9 Å². The molecule has 1 aliphatic rings. The Kier molecular flexibility index (Phi) is 3.48. The molecule has 0 fully saturated rings. The van der Waals surface area contributed by atoms with Gasteiger partial charge in [-0.05, 0) is 41.5 Å². The van der Waals surface area contributed by atoms with Gasteiger partial charge in [0.25, 0.3) is 5.69 Å². The molecule has 5 nitrogen and oxygen atoms in total. The number of non-ortho nitro benzene ring substituents is 1. The third-order valence-electron chi connectivity index (χ3n) is 3.62. The van der Waals surface area contributed by atoms with Gasteiger partial charge < -0.3 is 0 Å². The van der Waals surface area contributed by atoms with Crippen LogP contribution >= 0.6 is 22.6 Å². The number of hydrogen-bond acceptors (Lipinski definition) is 4. The van der Waals surface area contributed by atoms with E-state index in [4.69, 9.17) is 0 Å². The predicted octanol–water partition coefficient (Wildman–Crippen LogP) is 4.07.